The van der Waals surface area contributed by atoms with E-state index in [1.807, 2.05) is 30.3 Å². The van der Waals surface area contributed by atoms with Crippen molar-refractivity contribution in [1.82, 2.24) is 9.21 Å². The van der Waals surface area contributed by atoms with Crippen molar-refractivity contribution in [2.45, 2.75) is 11.3 Å². The zero-order valence-electron chi connectivity index (χ0n) is 14.9. The molecule has 2 aromatic carbocycles. The van der Waals surface area contributed by atoms with E-state index >= 15 is 0 Å². The van der Waals surface area contributed by atoms with E-state index in [9.17, 15) is 17.6 Å². The van der Waals surface area contributed by atoms with Crippen molar-refractivity contribution in [2.75, 3.05) is 26.2 Å². The molecule has 5 nitrogen and oxygen atoms in total. The molecule has 0 N–H and O–H groups in total. The summed E-state index contributed by atoms with van der Waals surface area (Å²) in [6.07, 6.45) is 0.322. The van der Waals surface area contributed by atoms with Crippen molar-refractivity contribution in [3.8, 4) is 0 Å². The standard InChI is InChI=1S/C20H18ClFN2O3S/c21-18-7-6-17(22)9-19(18)28(26,27)24-12-15-10-23(11-16(15)13-24)20(25)8-14-4-2-1-3-5-14/h1-7,9H,8,10-13H2. The van der Waals surface area contributed by atoms with E-state index in [0.717, 1.165) is 28.8 Å². The third kappa shape index (κ3) is 3.57. The molecule has 4 rings (SSSR count). The molecule has 2 heterocycles. The predicted molar refractivity (Wildman–Crippen MR) is 104 cm³/mol. The summed E-state index contributed by atoms with van der Waals surface area (Å²) in [5.74, 6) is -0.636. The fourth-order valence-corrected chi connectivity index (χ4v) is 5.50. The molecule has 0 aliphatic carbocycles. The Bertz CT molecular complexity index is 1050. The monoisotopic (exact) mass is 420 g/mol. The van der Waals surface area contributed by atoms with Crippen molar-refractivity contribution in [1.29, 1.82) is 0 Å². The van der Waals surface area contributed by atoms with Crippen LogP contribution in [0.5, 0.6) is 0 Å². The van der Waals surface area contributed by atoms with Crippen molar-refractivity contribution in [3.05, 3.63) is 76.1 Å². The molecule has 0 radical (unpaired) electrons. The van der Waals surface area contributed by atoms with Gasteiger partial charge < -0.3 is 4.90 Å². The van der Waals surface area contributed by atoms with Gasteiger partial charge in [-0.05, 0) is 34.9 Å². The molecule has 0 saturated carbocycles. The van der Waals surface area contributed by atoms with Gasteiger partial charge >= 0.3 is 0 Å². The largest absolute Gasteiger partial charge is 0.334 e. The Morgan fingerprint density at radius 1 is 1.00 bits per heavy atom. The molecule has 0 unspecified atom stereocenters. The summed E-state index contributed by atoms with van der Waals surface area (Å²) in [4.78, 5) is 14.1. The van der Waals surface area contributed by atoms with Gasteiger partial charge in [0.2, 0.25) is 15.9 Å². The lowest BCUT2D eigenvalue weighted by Crippen LogP contribution is -2.37. The van der Waals surface area contributed by atoms with Crippen LogP contribution in [0.15, 0.2) is 64.6 Å². The van der Waals surface area contributed by atoms with Crippen LogP contribution < -0.4 is 0 Å². The van der Waals surface area contributed by atoms with E-state index in [-0.39, 0.29) is 28.9 Å². The second-order valence-corrected chi connectivity index (χ2v) is 9.28. The molecular weight excluding hydrogens is 403 g/mol. The molecule has 1 amide bonds. The number of halogens is 2. The lowest BCUT2D eigenvalue weighted by atomic mass is 10.1. The summed E-state index contributed by atoms with van der Waals surface area (Å²) in [7, 11) is -3.90. The van der Waals surface area contributed by atoms with Gasteiger partial charge in [0, 0.05) is 26.2 Å². The van der Waals surface area contributed by atoms with Crippen LogP contribution >= 0.6 is 11.6 Å². The van der Waals surface area contributed by atoms with E-state index in [4.69, 9.17) is 11.6 Å². The Hall–Kier alpha value is -2.22. The van der Waals surface area contributed by atoms with E-state index in [1.165, 1.54) is 10.4 Å². The van der Waals surface area contributed by atoms with Gasteiger partial charge in [0.25, 0.3) is 0 Å². The maximum Gasteiger partial charge on any atom is 0.245 e. The highest BCUT2D eigenvalue weighted by molar-refractivity contribution is 7.89. The number of hydrogen-bond donors (Lipinski definition) is 0. The lowest BCUT2D eigenvalue weighted by Gasteiger charge is -2.23. The molecule has 28 heavy (non-hydrogen) atoms. The number of sulfonamides is 1. The number of benzene rings is 2. The molecule has 0 saturated heterocycles. The second kappa shape index (κ2) is 7.31. The molecule has 0 aromatic heterocycles. The minimum absolute atomic E-state index is 0.00637. The van der Waals surface area contributed by atoms with Crippen LogP contribution in [0, 0.1) is 5.82 Å². The lowest BCUT2D eigenvalue weighted by molar-refractivity contribution is -0.129. The number of rotatable bonds is 4. The summed E-state index contributed by atoms with van der Waals surface area (Å²) in [5.41, 5.74) is 2.81. The first kappa shape index (κ1) is 19.1. The van der Waals surface area contributed by atoms with Gasteiger partial charge in [0.05, 0.1) is 11.4 Å². The summed E-state index contributed by atoms with van der Waals surface area (Å²) >= 11 is 5.98. The average Bonchev–Trinajstić information content (AvgIpc) is 3.24. The Morgan fingerprint density at radius 3 is 2.29 bits per heavy atom. The summed E-state index contributed by atoms with van der Waals surface area (Å²) in [6, 6.07) is 12.8. The maximum absolute atomic E-state index is 13.5. The van der Waals surface area contributed by atoms with Crippen LogP contribution in [0.3, 0.4) is 0 Å². The Labute approximate surface area is 168 Å². The van der Waals surface area contributed by atoms with E-state index in [2.05, 4.69) is 0 Å². The molecule has 0 atom stereocenters. The van der Waals surface area contributed by atoms with Gasteiger partial charge in [0.1, 0.15) is 10.7 Å². The van der Waals surface area contributed by atoms with Gasteiger partial charge in [-0.1, -0.05) is 41.9 Å². The molecule has 0 spiro atoms. The van der Waals surface area contributed by atoms with Gasteiger partial charge in [-0.15, -0.1) is 0 Å². The van der Waals surface area contributed by atoms with Crippen LogP contribution in [0.1, 0.15) is 5.56 Å². The summed E-state index contributed by atoms with van der Waals surface area (Å²) in [6.45, 7) is 1.23. The van der Waals surface area contributed by atoms with Gasteiger partial charge in [-0.2, -0.15) is 4.31 Å². The average molecular weight is 421 g/mol. The number of carbonyl (C=O) groups is 1. The fourth-order valence-electron chi connectivity index (χ4n) is 3.59. The highest BCUT2D eigenvalue weighted by atomic mass is 35.5. The first-order valence-electron chi connectivity index (χ1n) is 8.81. The zero-order valence-corrected chi connectivity index (χ0v) is 16.5. The summed E-state index contributed by atoms with van der Waals surface area (Å²) in [5, 5.41) is -0.00637. The van der Waals surface area contributed by atoms with Crippen LogP contribution in [-0.4, -0.2) is 49.7 Å². The molecule has 8 heteroatoms. The molecule has 2 aromatic rings. The van der Waals surface area contributed by atoms with E-state index in [0.29, 0.717) is 19.5 Å². The molecule has 0 bridgehead atoms. The zero-order chi connectivity index (χ0) is 19.9. The van der Waals surface area contributed by atoms with Crippen molar-refractivity contribution >= 4 is 27.5 Å². The smallest absolute Gasteiger partial charge is 0.245 e. The number of carbonyl (C=O) groups excluding carboxylic acids is 1. The van der Waals surface area contributed by atoms with Crippen molar-refractivity contribution < 1.29 is 17.6 Å². The third-order valence-corrected chi connectivity index (χ3v) is 7.33. The van der Waals surface area contributed by atoms with Crippen LogP contribution in [0.2, 0.25) is 5.02 Å². The highest BCUT2D eigenvalue weighted by Crippen LogP contribution is 2.32. The third-order valence-electron chi connectivity index (χ3n) is 5.06. The number of nitrogens with zero attached hydrogens (tertiary/aromatic N) is 2. The first-order chi connectivity index (χ1) is 13.3. The topological polar surface area (TPSA) is 57.7 Å². The minimum atomic E-state index is -3.90. The number of amides is 1. The van der Waals surface area contributed by atoms with Gasteiger partial charge in [0.15, 0.2) is 0 Å². The van der Waals surface area contributed by atoms with E-state index in [1.54, 1.807) is 4.90 Å². The molecule has 2 aliphatic rings. The molecular formula is C20H18ClFN2O3S. The number of hydrogen-bond acceptors (Lipinski definition) is 3. The second-order valence-electron chi connectivity index (χ2n) is 6.97. The van der Waals surface area contributed by atoms with Crippen molar-refractivity contribution in [2.24, 2.45) is 0 Å². The fraction of sp³-hybridized carbons (Fsp3) is 0.250. The van der Waals surface area contributed by atoms with Gasteiger partial charge in [-0.3, -0.25) is 4.79 Å². The summed E-state index contributed by atoms with van der Waals surface area (Å²) < 4.78 is 40.5. The van der Waals surface area contributed by atoms with E-state index < -0.39 is 15.8 Å². The van der Waals surface area contributed by atoms with Crippen LogP contribution in [-0.2, 0) is 21.2 Å². The van der Waals surface area contributed by atoms with Crippen molar-refractivity contribution in [3.63, 3.8) is 0 Å². The Kier molecular flexibility index (Phi) is 4.99. The normalized spacial score (nSPS) is 17.3. The van der Waals surface area contributed by atoms with Crippen LogP contribution in [0.4, 0.5) is 4.39 Å². The Morgan fingerprint density at radius 2 is 1.64 bits per heavy atom. The SMILES string of the molecule is O=C(Cc1ccccc1)N1CC2=C(C1)CN(S(=O)(=O)c1cc(F)ccc1Cl)C2. The molecule has 2 aliphatic heterocycles. The first-order valence-corrected chi connectivity index (χ1v) is 10.6. The quantitative estimate of drug-likeness (QED) is 0.715. The Balaban J connectivity index is 1.43. The molecule has 146 valence electrons. The van der Waals surface area contributed by atoms with Crippen LogP contribution in [0.25, 0.3) is 0 Å². The van der Waals surface area contributed by atoms with Gasteiger partial charge in [-0.25, -0.2) is 12.8 Å². The highest BCUT2D eigenvalue weighted by Gasteiger charge is 2.38. The maximum atomic E-state index is 13.5. The minimum Gasteiger partial charge on any atom is -0.334 e. The predicted octanol–water partition coefficient (Wildman–Crippen LogP) is 2.86. The molecule has 0 fully saturated rings.